The van der Waals surface area contributed by atoms with Crippen LogP contribution in [0.2, 0.25) is 0 Å². The molecule has 0 radical (unpaired) electrons. The van der Waals surface area contributed by atoms with E-state index in [1.54, 1.807) is 40.6 Å². The number of β-amino-alcohol motifs (C(OH)–C–C–N with tert-alkyl or cyclic N) is 1. The fourth-order valence-corrected chi connectivity index (χ4v) is 13.7. The molecule has 35 heteroatoms. The molecule has 5 aliphatic rings. The van der Waals surface area contributed by atoms with Crippen LogP contribution in [0.5, 0.6) is 0 Å². The van der Waals surface area contributed by atoms with Crippen LogP contribution in [0.4, 0.5) is 0 Å². The third-order valence-electron chi connectivity index (χ3n) is 17.5. The molecule has 34 nitrogen and oxygen atoms in total. The maximum absolute atomic E-state index is 15.4. The van der Waals surface area contributed by atoms with Gasteiger partial charge in [-0.1, -0.05) is 43.2 Å². The molecule has 4 fully saturated rings. The number of benzene rings is 1. The number of hydrogen-bond acceptors (Lipinski definition) is 18. The van der Waals surface area contributed by atoms with Gasteiger partial charge in [-0.25, -0.2) is 0 Å². The van der Waals surface area contributed by atoms with E-state index in [9.17, 15) is 53.4 Å². The van der Waals surface area contributed by atoms with Crippen LogP contribution < -0.4 is 72.5 Å². The maximum atomic E-state index is 15.4. The third-order valence-corrected chi connectivity index (χ3v) is 18.4. The fraction of sp³-hybridized carbons (Fsp3) is 0.607. The highest BCUT2D eigenvalue weighted by atomic mass is 32.1. The van der Waals surface area contributed by atoms with E-state index >= 15 is 4.79 Å². The highest BCUT2D eigenvalue weighted by molar-refractivity contribution is 7.09. The minimum Gasteiger partial charge on any atom is -0.481 e. The second-order valence-electron chi connectivity index (χ2n) is 24.5. The summed E-state index contributed by atoms with van der Waals surface area (Å²) in [6.45, 7) is -0.274. The number of thiophene rings is 1. The SMILES string of the molecule is CC(=O)O.NC(=O)[C@H](CCCN=C(N)N)NC(=O)[C@@H]1C[C@@H]2CCCC[C@@H]2N1C(=O)[C@H]1Cc2ccccc2CN1C(=O)[C@H](CO)NC(=O)[C@H](Cc1cccs1)NC(=O)CNC(=O)[C@@H]1C[C@@H](O)CN1C(=O)[C@@H]1CCCN1C(=O)[C@H](CCCN=C(N)N)NC(=O)[C@H](N)CCCN=C(N)N. The minimum absolute atomic E-state index is 0.0314. The number of carbonyl (C=O) groups excluding carboxylic acids is 10. The maximum Gasteiger partial charge on any atom is 0.300 e. The molecule has 7 rings (SSSR count). The average molecular weight is 1360 g/mol. The predicted octanol–water partition coefficient (Wildman–Crippen LogP) is -5.53. The number of nitrogens with two attached hydrogens (primary N) is 8. The van der Waals surface area contributed by atoms with Gasteiger partial charge in [-0.15, -0.1) is 11.3 Å². The van der Waals surface area contributed by atoms with Gasteiger partial charge in [0.1, 0.15) is 48.3 Å². The Kier molecular flexibility index (Phi) is 28.9. The molecule has 24 N–H and O–H groups in total. The lowest BCUT2D eigenvalue weighted by atomic mass is 9.84. The van der Waals surface area contributed by atoms with Gasteiger partial charge in [0.2, 0.25) is 59.1 Å². The Morgan fingerprint density at radius 3 is 1.84 bits per heavy atom. The smallest absolute Gasteiger partial charge is 0.300 e. The van der Waals surface area contributed by atoms with Crippen LogP contribution in [-0.4, -0.2) is 230 Å². The first-order valence-electron chi connectivity index (χ1n) is 32.2. The summed E-state index contributed by atoms with van der Waals surface area (Å²) in [6.07, 6.45) is 3.80. The predicted molar refractivity (Wildman–Crippen MR) is 352 cm³/mol. The van der Waals surface area contributed by atoms with Crippen LogP contribution >= 0.6 is 11.3 Å². The molecule has 4 aliphatic heterocycles. The summed E-state index contributed by atoms with van der Waals surface area (Å²) in [7, 11) is 0. The molecule has 0 unspecified atom stereocenters. The molecule has 1 aliphatic carbocycles. The van der Waals surface area contributed by atoms with Gasteiger partial charge in [-0.05, 0) is 99.1 Å². The van der Waals surface area contributed by atoms with Gasteiger partial charge >= 0.3 is 0 Å². The summed E-state index contributed by atoms with van der Waals surface area (Å²) in [6, 6.07) is -0.641. The van der Waals surface area contributed by atoms with Gasteiger partial charge in [0.05, 0.1) is 25.3 Å². The molecule has 528 valence electrons. The highest BCUT2D eigenvalue weighted by Gasteiger charge is 2.52. The van der Waals surface area contributed by atoms with Gasteiger partial charge < -0.3 is 107 Å². The van der Waals surface area contributed by atoms with Crippen molar-refractivity contribution in [1.82, 2.24) is 46.2 Å². The summed E-state index contributed by atoms with van der Waals surface area (Å²) < 4.78 is 0. The summed E-state index contributed by atoms with van der Waals surface area (Å²) >= 11 is 1.28. The number of rotatable bonds is 30. The molecule has 96 heavy (non-hydrogen) atoms. The largest absolute Gasteiger partial charge is 0.481 e. The number of hydrogen-bond donors (Lipinski definition) is 16. The topological polar surface area (TPSA) is 567 Å². The Hall–Kier alpha value is -9.22. The number of guanidine groups is 3. The fourth-order valence-electron chi connectivity index (χ4n) is 12.9. The second kappa shape index (κ2) is 36.6. The average Bonchev–Trinajstić information content (AvgIpc) is 1.45. The summed E-state index contributed by atoms with van der Waals surface area (Å²) in [5.41, 5.74) is 46.1. The van der Waals surface area contributed by atoms with Crippen molar-refractivity contribution in [2.75, 3.05) is 45.9 Å². The van der Waals surface area contributed by atoms with Crippen molar-refractivity contribution in [3.8, 4) is 0 Å². The lowest BCUT2D eigenvalue weighted by Crippen LogP contribution is -2.63. The number of carboxylic acid groups (broad SMARTS) is 1. The first-order valence-corrected chi connectivity index (χ1v) is 33.1. The zero-order valence-corrected chi connectivity index (χ0v) is 54.7. The van der Waals surface area contributed by atoms with Crippen LogP contribution in [-0.2, 0) is 72.1 Å². The Morgan fingerprint density at radius 1 is 0.625 bits per heavy atom. The van der Waals surface area contributed by atoms with Gasteiger partial charge in [0.25, 0.3) is 5.97 Å². The van der Waals surface area contributed by atoms with Crippen LogP contribution in [0.3, 0.4) is 0 Å². The van der Waals surface area contributed by atoms with Crippen LogP contribution in [0, 0.1) is 5.92 Å². The Morgan fingerprint density at radius 2 is 1.23 bits per heavy atom. The number of carboxylic acids is 1. The number of nitrogens with zero attached hydrogens (tertiary/aromatic N) is 7. The zero-order chi connectivity index (χ0) is 70.3. The quantitative estimate of drug-likeness (QED) is 0.0197. The van der Waals surface area contributed by atoms with Gasteiger partial charge in [0, 0.05) is 76.4 Å². The Balaban J connectivity index is 0.00000354. The van der Waals surface area contributed by atoms with Gasteiger partial charge in [-0.3, -0.25) is 67.7 Å². The monoisotopic (exact) mass is 1360 g/mol. The number of fused-ring (bicyclic) bond motifs is 2. The summed E-state index contributed by atoms with van der Waals surface area (Å²) in [4.78, 5) is 169. The van der Waals surface area contributed by atoms with Crippen LogP contribution in [0.15, 0.2) is 56.8 Å². The number of carbonyl (C=O) groups is 11. The summed E-state index contributed by atoms with van der Waals surface area (Å²) in [5.74, 6) is -8.44. The van der Waals surface area contributed by atoms with Crippen molar-refractivity contribution < 1.29 is 68.1 Å². The number of aliphatic hydroxyl groups is 2. The van der Waals surface area contributed by atoms with Crippen molar-refractivity contribution in [1.29, 1.82) is 0 Å². The molecule has 5 heterocycles. The molecule has 1 aromatic heterocycles. The highest BCUT2D eigenvalue weighted by Crippen LogP contribution is 2.41. The molecule has 1 saturated carbocycles. The molecule has 10 amide bonds. The van der Waals surface area contributed by atoms with Crippen molar-refractivity contribution in [2.45, 2.75) is 183 Å². The molecular weight excluding hydrogens is 1270 g/mol. The lowest BCUT2D eigenvalue weighted by molar-refractivity contribution is -0.153. The van der Waals surface area contributed by atoms with E-state index in [0.29, 0.717) is 42.5 Å². The Labute approximate surface area is 559 Å². The summed E-state index contributed by atoms with van der Waals surface area (Å²) in [5, 5.41) is 44.2. The van der Waals surface area contributed by atoms with E-state index in [1.807, 2.05) is 6.07 Å². The molecule has 12 atom stereocenters. The van der Waals surface area contributed by atoms with E-state index in [4.69, 9.17) is 55.8 Å². The number of aliphatic carboxylic acids is 1. The number of aliphatic imine (C=N–C) groups is 3. The van der Waals surface area contributed by atoms with E-state index < -0.39 is 139 Å². The van der Waals surface area contributed by atoms with E-state index in [-0.39, 0.29) is 120 Å². The number of likely N-dealkylation sites (tertiary alicyclic amines) is 3. The molecule has 3 saturated heterocycles. The first-order chi connectivity index (χ1) is 45.7. The number of amides is 10. The van der Waals surface area contributed by atoms with Crippen molar-refractivity contribution in [3.63, 3.8) is 0 Å². The third kappa shape index (κ3) is 21.7. The number of aliphatic hydroxyl groups excluding tert-OH is 2. The van der Waals surface area contributed by atoms with Gasteiger partial charge in [-0.2, -0.15) is 0 Å². The molecule has 1 aromatic carbocycles. The molecule has 0 bridgehead atoms. The van der Waals surface area contributed by atoms with E-state index in [1.165, 1.54) is 21.1 Å². The number of primary amides is 1. The normalized spacial score (nSPS) is 21.7. The van der Waals surface area contributed by atoms with E-state index in [0.717, 1.165) is 36.6 Å². The Bertz CT molecular complexity index is 3160. The molecule has 0 spiro atoms. The number of nitrogens with one attached hydrogen (secondary N) is 5. The van der Waals surface area contributed by atoms with Crippen molar-refractivity contribution in [3.05, 3.63) is 57.8 Å². The second-order valence-corrected chi connectivity index (χ2v) is 25.5. The van der Waals surface area contributed by atoms with Gasteiger partial charge in [0.15, 0.2) is 17.9 Å². The van der Waals surface area contributed by atoms with Crippen LogP contribution in [0.1, 0.15) is 113 Å². The first kappa shape index (κ1) is 75.8. The van der Waals surface area contributed by atoms with Crippen LogP contribution in [0.25, 0.3) is 0 Å². The standard InChI is InChI=1S/C59H90N20O12S.C2H4O2/c60-37(14-5-19-68-57(62)63)49(84)74-39(16-7-21-70-59(66)67)53(88)76-22-8-18-43(76)55(90)78-30-35(81)26-44(78)51(86)71-28-47(82)72-40(27-36-13-9-23-92-36)50(85)75-41(31-80)54(89)77-29-34-12-2-1-10-32(34)24-46(77)56(91)79-42-17-4-3-11-33(42)25-45(79)52(87)73-38(48(61)83)15-6-20-69-58(64)65;1-2(3)4/h1-2,9-10,12-13,23,33,35,37-46,80-81H,3-8,11,14-22,24-31,60H2,(H2,61,83)(H,71,86)(H,72,82)(H,73,87)(H,74,84)(H,75,85)(H4,62,63,68)(H4,64,65,69)(H4,66,67,70);1H3,(H,3,4)/t33-,35+,37+,38-,39-,40-,41-,42-,43-,44-,45-,46+;/m0./s1. The van der Waals surface area contributed by atoms with E-state index in [2.05, 4.69) is 41.6 Å². The zero-order valence-electron chi connectivity index (χ0n) is 53.9. The van der Waals surface area contributed by atoms with Crippen molar-refractivity contribution >= 4 is 94.3 Å². The molecule has 2 aromatic rings. The molecular formula is C61H94N20O14S. The lowest BCUT2D eigenvalue weighted by Gasteiger charge is -2.42. The minimum atomic E-state index is -1.65. The van der Waals surface area contributed by atoms with Crippen molar-refractivity contribution in [2.24, 2.45) is 66.8 Å².